The Morgan fingerprint density at radius 1 is 1.37 bits per heavy atom. The monoisotopic (exact) mass is 265 g/mol. The van der Waals surface area contributed by atoms with Crippen LogP contribution in [0.25, 0.3) is 0 Å². The van der Waals surface area contributed by atoms with Crippen molar-refractivity contribution in [3.8, 4) is 11.5 Å². The number of ether oxygens (including phenoxy) is 1. The lowest BCUT2D eigenvalue weighted by molar-refractivity contribution is -0.127. The highest BCUT2D eigenvalue weighted by molar-refractivity contribution is 5.80. The van der Waals surface area contributed by atoms with Gasteiger partial charge in [-0.05, 0) is 38.3 Å². The van der Waals surface area contributed by atoms with Crippen LogP contribution in [0.5, 0.6) is 11.5 Å². The largest absolute Gasteiger partial charge is 0.508 e. The van der Waals surface area contributed by atoms with E-state index in [1.807, 2.05) is 0 Å². The second-order valence-corrected chi connectivity index (χ2v) is 5.13. The fourth-order valence-corrected chi connectivity index (χ4v) is 1.60. The summed E-state index contributed by atoms with van der Waals surface area (Å²) in [5, 5.41) is 12.4. The maximum absolute atomic E-state index is 11.8. The van der Waals surface area contributed by atoms with Gasteiger partial charge in [-0.2, -0.15) is 0 Å². The molecule has 0 fully saturated rings. The molecule has 0 heterocycles. The number of hydrogen-bond acceptors (Lipinski definition) is 3. The number of carbonyl (C=O) groups is 1. The lowest BCUT2D eigenvalue weighted by Gasteiger charge is -2.17. The molecule has 0 saturated carbocycles. The Kier molecular flexibility index (Phi) is 5.67. The first-order valence-corrected chi connectivity index (χ1v) is 6.64. The predicted molar refractivity (Wildman–Crippen MR) is 75.4 cm³/mol. The van der Waals surface area contributed by atoms with Crippen molar-refractivity contribution in [2.75, 3.05) is 6.54 Å². The molecule has 0 aliphatic carbocycles. The first-order valence-electron chi connectivity index (χ1n) is 6.64. The highest BCUT2D eigenvalue weighted by Crippen LogP contribution is 2.26. The quantitative estimate of drug-likeness (QED) is 0.831. The summed E-state index contributed by atoms with van der Waals surface area (Å²) in [6.07, 6.45) is 0.372. The third-order valence-corrected chi connectivity index (χ3v) is 2.95. The van der Waals surface area contributed by atoms with Crippen LogP contribution in [0.2, 0.25) is 0 Å². The van der Waals surface area contributed by atoms with E-state index in [4.69, 9.17) is 4.74 Å². The molecule has 2 N–H and O–H groups in total. The van der Waals surface area contributed by atoms with E-state index >= 15 is 0 Å². The molecular formula is C15H23NO3. The van der Waals surface area contributed by atoms with Gasteiger partial charge in [-0.3, -0.25) is 4.79 Å². The van der Waals surface area contributed by atoms with Crippen molar-refractivity contribution in [2.24, 2.45) is 5.92 Å². The number of benzene rings is 1. The normalized spacial score (nSPS) is 12.3. The third-order valence-electron chi connectivity index (χ3n) is 2.95. The predicted octanol–water partition coefficient (Wildman–Crippen LogP) is 2.63. The van der Waals surface area contributed by atoms with E-state index in [1.54, 1.807) is 32.0 Å². The average Bonchev–Trinajstić information content (AvgIpc) is 2.34. The number of amides is 1. The molecule has 1 atom stereocenters. The van der Waals surface area contributed by atoms with Gasteiger partial charge in [0.2, 0.25) is 0 Å². The summed E-state index contributed by atoms with van der Waals surface area (Å²) in [6.45, 7) is 8.34. The van der Waals surface area contributed by atoms with Crippen LogP contribution in [-0.2, 0) is 4.79 Å². The topological polar surface area (TPSA) is 58.6 Å². The zero-order valence-electron chi connectivity index (χ0n) is 12.1. The van der Waals surface area contributed by atoms with Gasteiger partial charge in [0.05, 0.1) is 0 Å². The van der Waals surface area contributed by atoms with Crippen LogP contribution in [0.3, 0.4) is 0 Å². The molecule has 0 aliphatic rings. The van der Waals surface area contributed by atoms with E-state index in [1.165, 1.54) is 0 Å². The van der Waals surface area contributed by atoms with E-state index in [2.05, 4.69) is 19.2 Å². The molecule has 1 aromatic carbocycles. The smallest absolute Gasteiger partial charge is 0.260 e. The van der Waals surface area contributed by atoms with Crippen LogP contribution in [0.15, 0.2) is 18.2 Å². The van der Waals surface area contributed by atoms with Gasteiger partial charge >= 0.3 is 0 Å². The molecule has 1 rings (SSSR count). The molecule has 106 valence electrons. The summed E-state index contributed by atoms with van der Waals surface area (Å²) in [7, 11) is 0. The zero-order valence-corrected chi connectivity index (χ0v) is 12.1. The average molecular weight is 265 g/mol. The van der Waals surface area contributed by atoms with E-state index in [0.717, 1.165) is 6.42 Å². The maximum Gasteiger partial charge on any atom is 0.260 e. The highest BCUT2D eigenvalue weighted by Gasteiger charge is 2.15. The Labute approximate surface area is 114 Å². The van der Waals surface area contributed by atoms with Gasteiger partial charge in [0, 0.05) is 12.1 Å². The summed E-state index contributed by atoms with van der Waals surface area (Å²) in [4.78, 5) is 11.8. The zero-order chi connectivity index (χ0) is 14.4. The van der Waals surface area contributed by atoms with Gasteiger partial charge < -0.3 is 15.2 Å². The molecule has 0 radical (unpaired) electrons. The Morgan fingerprint density at radius 3 is 2.68 bits per heavy atom. The minimum absolute atomic E-state index is 0.136. The molecule has 0 bridgehead atoms. The molecule has 4 heteroatoms. The SMILES string of the molecule is Cc1c(O)cccc1OC(C)C(=O)NCCC(C)C. The van der Waals surface area contributed by atoms with E-state index in [9.17, 15) is 9.90 Å². The van der Waals surface area contributed by atoms with Gasteiger partial charge in [0.1, 0.15) is 11.5 Å². The molecule has 1 unspecified atom stereocenters. The van der Waals surface area contributed by atoms with Crippen molar-refractivity contribution in [1.29, 1.82) is 0 Å². The second kappa shape index (κ2) is 7.02. The van der Waals surface area contributed by atoms with Gasteiger partial charge in [-0.1, -0.05) is 19.9 Å². The van der Waals surface area contributed by atoms with Crippen molar-refractivity contribution in [3.63, 3.8) is 0 Å². The van der Waals surface area contributed by atoms with Gasteiger partial charge in [0.15, 0.2) is 6.10 Å². The minimum Gasteiger partial charge on any atom is -0.508 e. The molecule has 0 aromatic heterocycles. The molecule has 1 amide bonds. The Bertz CT molecular complexity index is 429. The van der Waals surface area contributed by atoms with Crippen molar-refractivity contribution in [3.05, 3.63) is 23.8 Å². The lowest BCUT2D eigenvalue weighted by Crippen LogP contribution is -2.37. The number of hydrogen-bond donors (Lipinski definition) is 2. The van der Waals surface area contributed by atoms with Crippen LogP contribution < -0.4 is 10.1 Å². The van der Waals surface area contributed by atoms with Crippen molar-refractivity contribution in [2.45, 2.75) is 40.2 Å². The number of nitrogens with one attached hydrogen (secondary N) is 1. The number of carbonyl (C=O) groups excluding carboxylic acids is 1. The summed E-state index contributed by atoms with van der Waals surface area (Å²) >= 11 is 0. The summed E-state index contributed by atoms with van der Waals surface area (Å²) in [5.74, 6) is 1.13. The standard InChI is InChI=1S/C15H23NO3/c1-10(2)8-9-16-15(18)12(4)19-14-7-5-6-13(17)11(14)3/h5-7,10,12,17H,8-9H2,1-4H3,(H,16,18). The molecule has 0 saturated heterocycles. The van der Waals surface area contributed by atoms with Crippen LogP contribution in [0.4, 0.5) is 0 Å². The van der Waals surface area contributed by atoms with Crippen LogP contribution in [0.1, 0.15) is 32.8 Å². The summed E-state index contributed by atoms with van der Waals surface area (Å²) in [5.41, 5.74) is 0.643. The van der Waals surface area contributed by atoms with Crippen molar-refractivity contribution < 1.29 is 14.6 Å². The molecule has 0 spiro atoms. The Balaban J connectivity index is 2.52. The molecule has 4 nitrogen and oxygen atoms in total. The fourth-order valence-electron chi connectivity index (χ4n) is 1.60. The maximum atomic E-state index is 11.8. The lowest BCUT2D eigenvalue weighted by atomic mass is 10.1. The highest BCUT2D eigenvalue weighted by atomic mass is 16.5. The van der Waals surface area contributed by atoms with Crippen molar-refractivity contribution in [1.82, 2.24) is 5.32 Å². The third kappa shape index (κ3) is 4.81. The number of rotatable bonds is 6. The Morgan fingerprint density at radius 2 is 2.05 bits per heavy atom. The van der Waals surface area contributed by atoms with Crippen LogP contribution in [-0.4, -0.2) is 23.7 Å². The van der Waals surface area contributed by atoms with E-state index in [0.29, 0.717) is 23.8 Å². The van der Waals surface area contributed by atoms with Gasteiger partial charge in [0.25, 0.3) is 5.91 Å². The summed E-state index contributed by atoms with van der Waals surface area (Å²) < 4.78 is 5.57. The molecular weight excluding hydrogens is 242 g/mol. The first-order chi connectivity index (χ1) is 8.91. The molecule has 19 heavy (non-hydrogen) atoms. The minimum atomic E-state index is -0.576. The van der Waals surface area contributed by atoms with E-state index < -0.39 is 6.10 Å². The molecule has 0 aliphatic heterocycles. The van der Waals surface area contributed by atoms with Gasteiger partial charge in [-0.15, -0.1) is 0 Å². The second-order valence-electron chi connectivity index (χ2n) is 5.13. The van der Waals surface area contributed by atoms with E-state index in [-0.39, 0.29) is 11.7 Å². The van der Waals surface area contributed by atoms with Crippen LogP contribution >= 0.6 is 0 Å². The first kappa shape index (κ1) is 15.3. The van der Waals surface area contributed by atoms with Crippen molar-refractivity contribution >= 4 is 5.91 Å². The number of phenolic OH excluding ortho intramolecular Hbond substituents is 1. The number of phenols is 1. The summed E-state index contributed by atoms with van der Waals surface area (Å²) in [6, 6.07) is 5.03. The van der Waals surface area contributed by atoms with Gasteiger partial charge in [-0.25, -0.2) is 0 Å². The van der Waals surface area contributed by atoms with Crippen LogP contribution in [0, 0.1) is 12.8 Å². The Hall–Kier alpha value is -1.71. The number of aromatic hydroxyl groups is 1. The molecule has 1 aromatic rings. The fraction of sp³-hybridized carbons (Fsp3) is 0.533.